The lowest BCUT2D eigenvalue weighted by Crippen LogP contribution is -2.43. The van der Waals surface area contributed by atoms with Crippen LogP contribution < -0.4 is 0 Å². The Labute approximate surface area is 126 Å². The SMILES string of the molecule is Cn1cc(CN2CCOC(CO)C2)c(C2CCCCC2)n1. The number of aliphatic hydroxyl groups is 1. The average Bonchev–Trinajstić information content (AvgIpc) is 2.89. The van der Waals surface area contributed by atoms with E-state index in [1.165, 1.54) is 43.4 Å². The minimum absolute atomic E-state index is 0.0337. The van der Waals surface area contributed by atoms with Gasteiger partial charge in [0.25, 0.3) is 0 Å². The van der Waals surface area contributed by atoms with Gasteiger partial charge in [-0.1, -0.05) is 19.3 Å². The molecule has 1 aromatic heterocycles. The molecule has 2 aliphatic rings. The number of morpholine rings is 1. The van der Waals surface area contributed by atoms with Gasteiger partial charge in [0.2, 0.25) is 0 Å². The van der Waals surface area contributed by atoms with Crippen LogP contribution in [0.4, 0.5) is 0 Å². The maximum atomic E-state index is 9.27. The van der Waals surface area contributed by atoms with E-state index < -0.39 is 0 Å². The molecule has 1 aromatic rings. The van der Waals surface area contributed by atoms with Crippen molar-refractivity contribution in [2.24, 2.45) is 7.05 Å². The van der Waals surface area contributed by atoms with Crippen LogP contribution in [0.2, 0.25) is 0 Å². The van der Waals surface area contributed by atoms with Gasteiger partial charge in [0, 0.05) is 44.4 Å². The molecule has 3 rings (SSSR count). The molecule has 5 heteroatoms. The number of ether oxygens (including phenoxy) is 1. The number of nitrogens with zero attached hydrogens (tertiary/aromatic N) is 3. The lowest BCUT2D eigenvalue weighted by Gasteiger charge is -2.32. The molecular formula is C16H27N3O2. The third-order valence-corrected chi connectivity index (χ3v) is 4.75. The van der Waals surface area contributed by atoms with Gasteiger partial charge in [-0.2, -0.15) is 5.10 Å². The zero-order valence-corrected chi connectivity index (χ0v) is 13.0. The van der Waals surface area contributed by atoms with Crippen molar-refractivity contribution in [2.75, 3.05) is 26.3 Å². The van der Waals surface area contributed by atoms with Gasteiger partial charge >= 0.3 is 0 Å². The van der Waals surface area contributed by atoms with E-state index in [0.29, 0.717) is 12.5 Å². The summed E-state index contributed by atoms with van der Waals surface area (Å²) < 4.78 is 7.50. The standard InChI is InChI=1S/C16H27N3O2/c1-18-9-14(10-19-7-8-21-15(11-19)12-20)16(17-18)13-5-3-2-4-6-13/h9,13,15,20H,2-8,10-12H2,1H3. The largest absolute Gasteiger partial charge is 0.394 e. The van der Waals surface area contributed by atoms with Crippen molar-refractivity contribution >= 4 is 0 Å². The summed E-state index contributed by atoms with van der Waals surface area (Å²) in [6.45, 7) is 3.51. The molecule has 1 saturated heterocycles. The van der Waals surface area contributed by atoms with Gasteiger partial charge in [-0.3, -0.25) is 9.58 Å². The van der Waals surface area contributed by atoms with Crippen molar-refractivity contribution < 1.29 is 9.84 Å². The summed E-state index contributed by atoms with van der Waals surface area (Å²) in [7, 11) is 2.02. The highest BCUT2D eigenvalue weighted by Crippen LogP contribution is 2.33. The number of rotatable bonds is 4. The lowest BCUT2D eigenvalue weighted by molar-refractivity contribution is -0.0551. The molecule has 21 heavy (non-hydrogen) atoms. The first-order valence-electron chi connectivity index (χ1n) is 8.23. The van der Waals surface area contributed by atoms with Crippen molar-refractivity contribution in [3.05, 3.63) is 17.5 Å². The van der Waals surface area contributed by atoms with E-state index in [0.717, 1.165) is 19.6 Å². The van der Waals surface area contributed by atoms with E-state index in [2.05, 4.69) is 11.1 Å². The monoisotopic (exact) mass is 293 g/mol. The summed E-state index contributed by atoms with van der Waals surface area (Å²) >= 11 is 0. The fourth-order valence-electron chi connectivity index (χ4n) is 3.67. The van der Waals surface area contributed by atoms with Crippen molar-refractivity contribution in [1.82, 2.24) is 14.7 Å². The van der Waals surface area contributed by atoms with Crippen LogP contribution in [0.3, 0.4) is 0 Å². The average molecular weight is 293 g/mol. The van der Waals surface area contributed by atoms with Crippen LogP contribution in [0.25, 0.3) is 0 Å². The second-order valence-electron chi connectivity index (χ2n) is 6.46. The highest BCUT2D eigenvalue weighted by atomic mass is 16.5. The van der Waals surface area contributed by atoms with Gasteiger partial charge in [0.05, 0.1) is 25.0 Å². The molecule has 0 bridgehead atoms. The van der Waals surface area contributed by atoms with Gasteiger partial charge in [0.15, 0.2) is 0 Å². The zero-order valence-electron chi connectivity index (χ0n) is 13.0. The second-order valence-corrected chi connectivity index (χ2v) is 6.46. The maximum Gasteiger partial charge on any atom is 0.0933 e. The molecule has 0 spiro atoms. The molecule has 2 fully saturated rings. The number of aromatic nitrogens is 2. The molecule has 0 radical (unpaired) electrons. The third-order valence-electron chi connectivity index (χ3n) is 4.75. The molecule has 2 heterocycles. The van der Waals surface area contributed by atoms with Crippen LogP contribution >= 0.6 is 0 Å². The summed E-state index contributed by atoms with van der Waals surface area (Å²) in [5.74, 6) is 0.643. The fraction of sp³-hybridized carbons (Fsp3) is 0.812. The highest BCUT2D eigenvalue weighted by Gasteiger charge is 2.25. The van der Waals surface area contributed by atoms with Gasteiger partial charge in [-0.25, -0.2) is 0 Å². The Hall–Kier alpha value is -0.910. The Morgan fingerprint density at radius 1 is 1.33 bits per heavy atom. The van der Waals surface area contributed by atoms with Crippen LogP contribution in [0.5, 0.6) is 0 Å². The minimum atomic E-state index is -0.0337. The summed E-state index contributed by atoms with van der Waals surface area (Å²) in [5.41, 5.74) is 2.67. The second kappa shape index (κ2) is 6.90. The Morgan fingerprint density at radius 3 is 2.90 bits per heavy atom. The summed E-state index contributed by atoms with van der Waals surface area (Å²) in [4.78, 5) is 2.38. The number of hydrogen-bond acceptors (Lipinski definition) is 4. The lowest BCUT2D eigenvalue weighted by atomic mass is 9.85. The molecule has 1 saturated carbocycles. The number of hydrogen-bond donors (Lipinski definition) is 1. The van der Waals surface area contributed by atoms with Crippen LogP contribution in [0.1, 0.15) is 49.3 Å². The molecule has 1 unspecified atom stereocenters. The quantitative estimate of drug-likeness (QED) is 0.917. The van der Waals surface area contributed by atoms with Gasteiger partial charge in [-0.05, 0) is 12.8 Å². The Bertz CT molecular complexity index is 454. The summed E-state index contributed by atoms with van der Waals surface area (Å²) in [6.07, 6.45) is 8.76. The predicted molar refractivity (Wildman–Crippen MR) is 81.1 cm³/mol. The molecule has 5 nitrogen and oxygen atoms in total. The minimum Gasteiger partial charge on any atom is -0.394 e. The molecule has 0 aromatic carbocycles. The van der Waals surface area contributed by atoms with E-state index >= 15 is 0 Å². The smallest absolute Gasteiger partial charge is 0.0933 e. The summed E-state index contributed by atoms with van der Waals surface area (Å²) in [6, 6.07) is 0. The number of aryl methyl sites for hydroxylation is 1. The first kappa shape index (κ1) is 15.0. The highest BCUT2D eigenvalue weighted by molar-refractivity contribution is 5.21. The van der Waals surface area contributed by atoms with Crippen LogP contribution in [0.15, 0.2) is 6.20 Å². The zero-order chi connectivity index (χ0) is 14.7. The molecule has 0 amide bonds. The topological polar surface area (TPSA) is 50.5 Å². The third kappa shape index (κ3) is 3.65. The van der Waals surface area contributed by atoms with E-state index in [-0.39, 0.29) is 12.7 Å². The van der Waals surface area contributed by atoms with Crippen molar-refractivity contribution in [3.63, 3.8) is 0 Å². The molecule has 1 aliphatic heterocycles. The number of aliphatic hydroxyl groups excluding tert-OH is 1. The van der Waals surface area contributed by atoms with Crippen molar-refractivity contribution in [1.29, 1.82) is 0 Å². The normalized spacial score (nSPS) is 25.3. The predicted octanol–water partition coefficient (Wildman–Crippen LogP) is 1.66. The fourth-order valence-corrected chi connectivity index (χ4v) is 3.67. The molecule has 118 valence electrons. The Morgan fingerprint density at radius 2 is 2.14 bits per heavy atom. The van der Waals surface area contributed by atoms with E-state index in [1.54, 1.807) is 0 Å². The Balaban J connectivity index is 1.69. The van der Waals surface area contributed by atoms with E-state index in [4.69, 9.17) is 9.84 Å². The Kier molecular flexibility index (Phi) is 4.93. The first-order chi connectivity index (χ1) is 10.3. The van der Waals surface area contributed by atoms with E-state index in [1.807, 2.05) is 11.7 Å². The van der Waals surface area contributed by atoms with Crippen LogP contribution in [0, 0.1) is 0 Å². The molecule has 1 N–H and O–H groups in total. The van der Waals surface area contributed by atoms with Crippen molar-refractivity contribution in [2.45, 2.75) is 50.7 Å². The maximum absolute atomic E-state index is 9.27. The molecule has 1 atom stereocenters. The molecular weight excluding hydrogens is 266 g/mol. The van der Waals surface area contributed by atoms with Gasteiger partial charge < -0.3 is 9.84 Å². The first-order valence-corrected chi connectivity index (χ1v) is 8.23. The van der Waals surface area contributed by atoms with Crippen LogP contribution in [-0.4, -0.2) is 52.2 Å². The van der Waals surface area contributed by atoms with Crippen molar-refractivity contribution in [3.8, 4) is 0 Å². The van der Waals surface area contributed by atoms with Gasteiger partial charge in [0.1, 0.15) is 0 Å². The summed E-state index contributed by atoms with van der Waals surface area (Å²) in [5, 5.41) is 14.0. The van der Waals surface area contributed by atoms with E-state index in [9.17, 15) is 5.11 Å². The van der Waals surface area contributed by atoms with Crippen LogP contribution in [-0.2, 0) is 18.3 Å². The molecule has 1 aliphatic carbocycles. The van der Waals surface area contributed by atoms with Gasteiger partial charge in [-0.15, -0.1) is 0 Å².